The highest BCUT2D eigenvalue weighted by molar-refractivity contribution is 6.09. The summed E-state index contributed by atoms with van der Waals surface area (Å²) in [6.45, 7) is 0. The van der Waals surface area contributed by atoms with E-state index >= 15 is 0 Å². The van der Waals surface area contributed by atoms with E-state index in [1.807, 2.05) is 0 Å². The van der Waals surface area contributed by atoms with Gasteiger partial charge >= 0.3 is 0 Å². The van der Waals surface area contributed by atoms with Gasteiger partial charge in [-0.15, -0.1) is 0 Å². The van der Waals surface area contributed by atoms with Gasteiger partial charge < -0.3 is 9.47 Å². The first kappa shape index (κ1) is 40.9. The van der Waals surface area contributed by atoms with Gasteiger partial charge in [0.15, 0.2) is 0 Å². The number of hydrogen-bond donors (Lipinski definition) is 0. The lowest BCUT2D eigenvalue weighted by Gasteiger charge is -2.65. The molecule has 0 amide bonds. The molecule has 340 valence electrons. The maximum atomic E-state index is 2.64. The number of rotatable bonds is 7. The molecule has 71 heavy (non-hydrogen) atoms. The summed E-state index contributed by atoms with van der Waals surface area (Å²) in [4.78, 5) is 2.54. The molecule has 0 N–H and O–H groups in total. The Bertz CT molecular complexity index is 3700. The quantitative estimate of drug-likeness (QED) is 0.155. The highest BCUT2D eigenvalue weighted by atomic mass is 15.1. The molecule has 0 radical (unpaired) electrons. The molecule has 16 rings (SSSR count). The predicted molar refractivity (Wildman–Crippen MR) is 295 cm³/mol. The lowest BCUT2D eigenvalue weighted by atomic mass is 9.38. The van der Waals surface area contributed by atoms with Crippen LogP contribution >= 0.6 is 0 Å². The van der Waals surface area contributed by atoms with Gasteiger partial charge in [0.1, 0.15) is 0 Å². The molecular weight excluding hydrogens is 857 g/mol. The van der Waals surface area contributed by atoms with E-state index in [-0.39, 0.29) is 5.41 Å². The van der Waals surface area contributed by atoms with Crippen LogP contribution in [-0.2, 0) is 10.8 Å². The summed E-state index contributed by atoms with van der Waals surface area (Å²) in [6, 6.07) is 92.0. The van der Waals surface area contributed by atoms with Gasteiger partial charge in [0.2, 0.25) is 0 Å². The van der Waals surface area contributed by atoms with Crippen molar-refractivity contribution in [2.75, 3.05) is 4.90 Å². The summed E-state index contributed by atoms with van der Waals surface area (Å²) in [5.41, 5.74) is 17.6. The second kappa shape index (κ2) is 15.8. The maximum absolute atomic E-state index is 2.64. The third-order valence-corrected chi connectivity index (χ3v) is 17.9. The molecule has 0 saturated heterocycles. The number of fused-ring (bicyclic) bond motifs is 6. The molecule has 5 aliphatic carbocycles. The molecule has 4 fully saturated rings. The molecule has 1 aromatic heterocycles. The van der Waals surface area contributed by atoms with Gasteiger partial charge in [0.25, 0.3) is 0 Å². The Kier molecular flexibility index (Phi) is 9.09. The summed E-state index contributed by atoms with van der Waals surface area (Å²) in [5, 5.41) is 5.02. The maximum Gasteiger partial charge on any atom is 0.0708 e. The SMILES string of the molecule is c1ccc(C2(c3ccccc3)c3ccccc3C3(c4ccc(N(c5ccc(-c6ccc(-n7c8ccccc8c8ccccc87)cc6)cc5)c5cccc6ccccc56)cc42)C2CC4CC(C2)CC3C4)cc1. The average molecular weight is 911 g/mol. The van der Waals surface area contributed by atoms with Crippen molar-refractivity contribution >= 4 is 49.6 Å². The van der Waals surface area contributed by atoms with Crippen LogP contribution in [0.4, 0.5) is 17.1 Å². The fraction of sp³-hybridized carbons (Fsp3) is 0.159. The lowest BCUT2D eigenvalue weighted by molar-refractivity contribution is -0.0440. The molecule has 5 aliphatic rings. The first-order chi connectivity index (χ1) is 35.2. The van der Waals surface area contributed by atoms with Gasteiger partial charge in [0, 0.05) is 38.6 Å². The summed E-state index contributed by atoms with van der Waals surface area (Å²) >= 11 is 0. The van der Waals surface area contributed by atoms with Crippen LogP contribution in [0, 0.1) is 23.7 Å². The number of aromatic nitrogens is 1. The van der Waals surface area contributed by atoms with E-state index in [9.17, 15) is 0 Å². The highest BCUT2D eigenvalue weighted by Crippen LogP contribution is 2.70. The Labute approximate surface area is 416 Å². The Morgan fingerprint density at radius 2 is 0.859 bits per heavy atom. The molecular formula is C69H54N2. The van der Waals surface area contributed by atoms with Gasteiger partial charge in [-0.05, 0) is 160 Å². The normalized spacial score (nSPS) is 21.4. The van der Waals surface area contributed by atoms with Crippen LogP contribution in [0.15, 0.2) is 243 Å². The molecule has 10 aromatic carbocycles. The molecule has 0 aliphatic heterocycles. The van der Waals surface area contributed by atoms with Crippen molar-refractivity contribution in [3.8, 4) is 16.8 Å². The van der Waals surface area contributed by atoms with E-state index in [0.717, 1.165) is 23.2 Å². The number of anilines is 3. The van der Waals surface area contributed by atoms with E-state index in [1.165, 1.54) is 109 Å². The molecule has 2 heteroatoms. The Balaban J connectivity index is 0.926. The third kappa shape index (κ3) is 5.88. The zero-order chi connectivity index (χ0) is 46.7. The van der Waals surface area contributed by atoms with Crippen LogP contribution in [-0.4, -0.2) is 4.57 Å². The van der Waals surface area contributed by atoms with E-state index < -0.39 is 5.41 Å². The highest BCUT2D eigenvalue weighted by Gasteiger charge is 2.63. The Morgan fingerprint density at radius 1 is 0.366 bits per heavy atom. The van der Waals surface area contributed by atoms with Crippen LogP contribution < -0.4 is 4.90 Å². The second-order valence-electron chi connectivity index (χ2n) is 21.2. The fourth-order valence-electron chi connectivity index (χ4n) is 15.4. The van der Waals surface area contributed by atoms with E-state index in [4.69, 9.17) is 0 Å². The summed E-state index contributed by atoms with van der Waals surface area (Å²) in [7, 11) is 0. The third-order valence-electron chi connectivity index (χ3n) is 17.9. The van der Waals surface area contributed by atoms with E-state index in [1.54, 1.807) is 11.1 Å². The second-order valence-corrected chi connectivity index (χ2v) is 21.2. The van der Waals surface area contributed by atoms with Gasteiger partial charge in [-0.3, -0.25) is 0 Å². The van der Waals surface area contributed by atoms with Crippen molar-refractivity contribution in [2.45, 2.75) is 42.9 Å². The van der Waals surface area contributed by atoms with Gasteiger partial charge in [0.05, 0.1) is 22.1 Å². The molecule has 0 atom stereocenters. The average Bonchev–Trinajstić information content (AvgIpc) is 3.77. The minimum atomic E-state index is -0.538. The van der Waals surface area contributed by atoms with Gasteiger partial charge in [-0.1, -0.05) is 188 Å². The zero-order valence-electron chi connectivity index (χ0n) is 39.8. The van der Waals surface area contributed by atoms with Crippen molar-refractivity contribution in [3.05, 3.63) is 276 Å². The standard InChI is InChI=1S/C69H54N2/c1-3-18-51(19-4-1)68(52-20-5-2-6-21-52)61-25-11-12-26-62(61)69(53-41-46-40-47(43-53)44-54(69)42-46)63-39-38-57(45-64(63)68)70(65-29-15-17-50-16-7-8-22-58(50)65)55-34-30-48(31-35-55)49-32-36-56(37-33-49)71-66-27-13-9-23-59(66)60-24-10-14-28-67(60)71/h1-39,45-47,53-54H,40-44H2. The van der Waals surface area contributed by atoms with Gasteiger partial charge in [-0.25, -0.2) is 0 Å². The zero-order valence-corrected chi connectivity index (χ0v) is 39.8. The molecule has 2 nitrogen and oxygen atoms in total. The fourth-order valence-corrected chi connectivity index (χ4v) is 15.4. The van der Waals surface area contributed by atoms with E-state index in [2.05, 4.69) is 252 Å². The number of benzene rings is 10. The number of nitrogens with zero attached hydrogens (tertiary/aromatic N) is 2. The van der Waals surface area contributed by atoms with Crippen LogP contribution in [0.5, 0.6) is 0 Å². The molecule has 4 saturated carbocycles. The topological polar surface area (TPSA) is 8.17 Å². The van der Waals surface area contributed by atoms with Crippen molar-refractivity contribution < 1.29 is 0 Å². The van der Waals surface area contributed by atoms with Crippen molar-refractivity contribution in [2.24, 2.45) is 23.7 Å². The summed E-state index contributed by atoms with van der Waals surface area (Å²) in [6.07, 6.45) is 6.78. The molecule has 1 spiro atoms. The molecule has 1 heterocycles. The van der Waals surface area contributed by atoms with E-state index in [0.29, 0.717) is 11.8 Å². The molecule has 4 bridgehead atoms. The number of para-hydroxylation sites is 2. The first-order valence-corrected chi connectivity index (χ1v) is 26.0. The van der Waals surface area contributed by atoms with Crippen LogP contribution in [0.2, 0.25) is 0 Å². The Morgan fingerprint density at radius 3 is 1.49 bits per heavy atom. The monoisotopic (exact) mass is 910 g/mol. The minimum Gasteiger partial charge on any atom is -0.310 e. The van der Waals surface area contributed by atoms with Crippen molar-refractivity contribution in [1.29, 1.82) is 0 Å². The summed E-state index contributed by atoms with van der Waals surface area (Å²) < 4.78 is 2.39. The first-order valence-electron chi connectivity index (χ1n) is 26.0. The van der Waals surface area contributed by atoms with Crippen molar-refractivity contribution in [3.63, 3.8) is 0 Å². The van der Waals surface area contributed by atoms with Gasteiger partial charge in [-0.2, -0.15) is 0 Å². The summed E-state index contributed by atoms with van der Waals surface area (Å²) in [5.74, 6) is 2.98. The van der Waals surface area contributed by atoms with Crippen LogP contribution in [0.3, 0.4) is 0 Å². The lowest BCUT2D eigenvalue weighted by Crippen LogP contribution is -2.59. The largest absolute Gasteiger partial charge is 0.310 e. The molecule has 0 unspecified atom stereocenters. The predicted octanol–water partition coefficient (Wildman–Crippen LogP) is 17.5. The number of hydrogen-bond acceptors (Lipinski definition) is 1. The van der Waals surface area contributed by atoms with Crippen LogP contribution in [0.25, 0.3) is 49.4 Å². The Hall–Kier alpha value is -7.94. The van der Waals surface area contributed by atoms with Crippen LogP contribution in [0.1, 0.15) is 65.5 Å². The smallest absolute Gasteiger partial charge is 0.0708 e. The minimum absolute atomic E-state index is 0.0338. The molecule has 11 aromatic rings. The van der Waals surface area contributed by atoms with Crippen molar-refractivity contribution in [1.82, 2.24) is 4.57 Å².